The zero-order valence-corrected chi connectivity index (χ0v) is 17.6. The Bertz CT molecular complexity index is 1310. The summed E-state index contributed by atoms with van der Waals surface area (Å²) in [7, 11) is 0. The molecule has 0 atom stereocenters. The summed E-state index contributed by atoms with van der Waals surface area (Å²) in [6.07, 6.45) is 1.68. The molecule has 6 nitrogen and oxygen atoms in total. The van der Waals surface area contributed by atoms with Gasteiger partial charge >= 0.3 is 0 Å². The molecule has 0 spiro atoms. The third-order valence-electron chi connectivity index (χ3n) is 4.44. The van der Waals surface area contributed by atoms with Crippen LogP contribution >= 0.6 is 22.9 Å². The number of amides is 2. The molecule has 0 saturated heterocycles. The van der Waals surface area contributed by atoms with Gasteiger partial charge in [-0.15, -0.1) is 11.3 Å². The number of nitrogens with one attached hydrogen (secondary N) is 2. The van der Waals surface area contributed by atoms with Crippen LogP contribution in [0.5, 0.6) is 0 Å². The minimum Gasteiger partial charge on any atom is -0.322 e. The standard InChI is InChI=1S/C23H16ClN3O3S/c24-20-13-12-19(31-20)23(30)26-18-6-2-1-5-17(18)22(29)25-15-8-10-16(11-9-15)27-14-4-3-7-21(27)28/h1-14H,(H,25,29)(H,26,30). The van der Waals surface area contributed by atoms with Crippen LogP contribution in [-0.4, -0.2) is 16.4 Å². The van der Waals surface area contributed by atoms with Crippen molar-refractivity contribution < 1.29 is 9.59 Å². The van der Waals surface area contributed by atoms with Crippen molar-refractivity contribution in [3.63, 3.8) is 0 Å². The van der Waals surface area contributed by atoms with Gasteiger partial charge in [0.1, 0.15) is 0 Å². The molecule has 0 radical (unpaired) electrons. The third kappa shape index (κ3) is 4.74. The Morgan fingerprint density at radius 1 is 0.806 bits per heavy atom. The quantitative estimate of drug-likeness (QED) is 0.447. The summed E-state index contributed by atoms with van der Waals surface area (Å²) in [6, 6.07) is 21.8. The number of aromatic nitrogens is 1. The van der Waals surface area contributed by atoms with E-state index in [1.54, 1.807) is 79.0 Å². The van der Waals surface area contributed by atoms with Crippen LogP contribution in [0.2, 0.25) is 4.34 Å². The van der Waals surface area contributed by atoms with Crippen molar-refractivity contribution >= 4 is 46.1 Å². The monoisotopic (exact) mass is 449 g/mol. The molecule has 0 aliphatic rings. The largest absolute Gasteiger partial charge is 0.322 e. The summed E-state index contributed by atoms with van der Waals surface area (Å²) < 4.78 is 2.02. The van der Waals surface area contributed by atoms with E-state index in [2.05, 4.69) is 10.6 Å². The van der Waals surface area contributed by atoms with E-state index < -0.39 is 0 Å². The van der Waals surface area contributed by atoms with Gasteiger partial charge in [0, 0.05) is 23.6 Å². The highest BCUT2D eigenvalue weighted by molar-refractivity contribution is 7.18. The molecular weight excluding hydrogens is 434 g/mol. The van der Waals surface area contributed by atoms with Crippen LogP contribution in [0, 0.1) is 0 Å². The third-order valence-corrected chi connectivity index (χ3v) is 5.67. The molecule has 8 heteroatoms. The second kappa shape index (κ2) is 8.99. The molecular formula is C23H16ClN3O3S. The molecule has 2 aromatic heterocycles. The molecule has 0 saturated carbocycles. The van der Waals surface area contributed by atoms with E-state index >= 15 is 0 Å². The van der Waals surface area contributed by atoms with Crippen molar-refractivity contribution in [2.75, 3.05) is 10.6 Å². The average molecular weight is 450 g/mol. The van der Waals surface area contributed by atoms with E-state index in [9.17, 15) is 14.4 Å². The van der Waals surface area contributed by atoms with Gasteiger partial charge in [-0.05, 0) is 54.6 Å². The Morgan fingerprint density at radius 2 is 1.55 bits per heavy atom. The van der Waals surface area contributed by atoms with Gasteiger partial charge in [-0.2, -0.15) is 0 Å². The molecule has 0 aliphatic heterocycles. The first-order valence-electron chi connectivity index (χ1n) is 9.26. The predicted molar refractivity (Wildman–Crippen MR) is 124 cm³/mol. The fourth-order valence-corrected chi connectivity index (χ4v) is 3.89. The van der Waals surface area contributed by atoms with Crippen LogP contribution in [0.4, 0.5) is 11.4 Å². The van der Waals surface area contributed by atoms with E-state index in [-0.39, 0.29) is 17.4 Å². The van der Waals surface area contributed by atoms with E-state index in [1.165, 1.54) is 10.6 Å². The maximum Gasteiger partial charge on any atom is 0.265 e. The van der Waals surface area contributed by atoms with E-state index in [0.717, 1.165) is 11.3 Å². The molecule has 4 aromatic rings. The first-order valence-corrected chi connectivity index (χ1v) is 10.5. The molecule has 2 aromatic carbocycles. The van der Waals surface area contributed by atoms with Gasteiger partial charge in [-0.25, -0.2) is 0 Å². The minimum atomic E-state index is -0.371. The minimum absolute atomic E-state index is 0.143. The highest BCUT2D eigenvalue weighted by Gasteiger charge is 2.15. The van der Waals surface area contributed by atoms with Crippen molar-refractivity contribution in [2.45, 2.75) is 0 Å². The topological polar surface area (TPSA) is 80.2 Å². The molecule has 0 fully saturated rings. The van der Waals surface area contributed by atoms with Gasteiger partial charge in [0.05, 0.1) is 20.5 Å². The lowest BCUT2D eigenvalue weighted by Gasteiger charge is -2.12. The second-order valence-corrected chi connectivity index (χ2v) is 8.23. The van der Waals surface area contributed by atoms with E-state index in [0.29, 0.717) is 31.8 Å². The predicted octanol–water partition coefficient (Wildman–Crippen LogP) is 5.06. The van der Waals surface area contributed by atoms with E-state index in [1.807, 2.05) is 0 Å². The van der Waals surface area contributed by atoms with Crippen molar-refractivity contribution in [1.29, 1.82) is 0 Å². The number of pyridine rings is 1. The molecule has 4 rings (SSSR count). The van der Waals surface area contributed by atoms with Gasteiger partial charge < -0.3 is 10.6 Å². The summed E-state index contributed by atoms with van der Waals surface area (Å²) in [5, 5.41) is 5.57. The van der Waals surface area contributed by atoms with Crippen LogP contribution in [0.15, 0.2) is 89.9 Å². The zero-order valence-electron chi connectivity index (χ0n) is 16.0. The highest BCUT2D eigenvalue weighted by Crippen LogP contribution is 2.24. The summed E-state index contributed by atoms with van der Waals surface area (Å²) in [5.41, 5.74) is 1.81. The number of para-hydroxylation sites is 1. The summed E-state index contributed by atoms with van der Waals surface area (Å²) in [5.74, 6) is -0.709. The molecule has 2 N–H and O–H groups in total. The molecule has 2 amide bonds. The number of carbonyl (C=O) groups is 2. The van der Waals surface area contributed by atoms with Crippen LogP contribution in [0.25, 0.3) is 5.69 Å². The molecule has 31 heavy (non-hydrogen) atoms. The number of carbonyl (C=O) groups excluding carboxylic acids is 2. The van der Waals surface area contributed by atoms with Crippen molar-refractivity contribution in [2.24, 2.45) is 0 Å². The van der Waals surface area contributed by atoms with Crippen molar-refractivity contribution in [3.8, 4) is 5.69 Å². The highest BCUT2D eigenvalue weighted by atomic mass is 35.5. The van der Waals surface area contributed by atoms with Gasteiger partial charge in [-0.1, -0.05) is 29.8 Å². The lowest BCUT2D eigenvalue weighted by molar-refractivity contribution is 0.102. The molecule has 2 heterocycles. The molecule has 154 valence electrons. The number of thiophene rings is 1. The first kappa shape index (κ1) is 20.6. The number of anilines is 2. The van der Waals surface area contributed by atoms with Crippen LogP contribution in [0.1, 0.15) is 20.0 Å². The smallest absolute Gasteiger partial charge is 0.265 e. The second-order valence-electron chi connectivity index (χ2n) is 6.51. The number of hydrogen-bond donors (Lipinski definition) is 2. The molecule has 0 aliphatic carbocycles. The lowest BCUT2D eigenvalue weighted by Crippen LogP contribution is -2.18. The number of hydrogen-bond acceptors (Lipinski definition) is 4. The normalized spacial score (nSPS) is 10.5. The summed E-state index contributed by atoms with van der Waals surface area (Å²) in [4.78, 5) is 37.7. The maximum absolute atomic E-state index is 12.8. The van der Waals surface area contributed by atoms with Gasteiger partial charge in [0.15, 0.2) is 0 Å². The Kier molecular flexibility index (Phi) is 5.97. The van der Waals surface area contributed by atoms with Gasteiger partial charge in [0.25, 0.3) is 17.4 Å². The Labute approximate surface area is 186 Å². The SMILES string of the molecule is O=C(Nc1ccccc1C(=O)Nc1ccc(-n2ccccc2=O)cc1)c1ccc(Cl)s1. The number of nitrogens with zero attached hydrogens (tertiary/aromatic N) is 1. The fourth-order valence-electron chi connectivity index (χ4n) is 2.95. The summed E-state index contributed by atoms with van der Waals surface area (Å²) in [6.45, 7) is 0. The molecule has 0 bridgehead atoms. The number of rotatable bonds is 5. The average Bonchev–Trinajstić information content (AvgIpc) is 3.22. The first-order chi connectivity index (χ1) is 15.0. The lowest BCUT2D eigenvalue weighted by atomic mass is 10.1. The van der Waals surface area contributed by atoms with E-state index in [4.69, 9.17) is 11.6 Å². The Hall–Kier alpha value is -3.68. The Balaban J connectivity index is 1.51. The fraction of sp³-hybridized carbons (Fsp3) is 0. The Morgan fingerprint density at radius 3 is 2.26 bits per heavy atom. The summed E-state index contributed by atoms with van der Waals surface area (Å²) >= 11 is 7.05. The molecule has 0 unspecified atom stereocenters. The van der Waals surface area contributed by atoms with Crippen molar-refractivity contribution in [3.05, 3.63) is 110 Å². The van der Waals surface area contributed by atoms with Crippen LogP contribution in [0.3, 0.4) is 0 Å². The maximum atomic E-state index is 12.8. The van der Waals surface area contributed by atoms with Gasteiger partial charge in [-0.3, -0.25) is 19.0 Å². The zero-order chi connectivity index (χ0) is 21.8. The van der Waals surface area contributed by atoms with Crippen LogP contribution < -0.4 is 16.2 Å². The number of benzene rings is 2. The van der Waals surface area contributed by atoms with Crippen molar-refractivity contribution in [1.82, 2.24) is 4.57 Å². The van der Waals surface area contributed by atoms with Gasteiger partial charge in [0.2, 0.25) is 0 Å². The van der Waals surface area contributed by atoms with Crippen LogP contribution in [-0.2, 0) is 0 Å². The number of halogens is 1.